The molecule has 1 unspecified atom stereocenters. The number of nitrogens with two attached hydrogens (primary N) is 1. The number of piperazine rings is 1. The first kappa shape index (κ1) is 23.3. The number of nitrogens with zero attached hydrogens (tertiary/aromatic N) is 3. The topological polar surface area (TPSA) is 105 Å². The third kappa shape index (κ3) is 5.05. The number of anilines is 3. The van der Waals surface area contributed by atoms with Gasteiger partial charge in [-0.15, -0.1) is 0 Å². The van der Waals surface area contributed by atoms with E-state index in [1.54, 1.807) is 29.2 Å². The number of hydrogen-bond donors (Lipinski definition) is 1. The summed E-state index contributed by atoms with van der Waals surface area (Å²) in [4.78, 5) is 41.4. The fraction of sp³-hybridized carbons (Fsp3) is 0.375. The van der Waals surface area contributed by atoms with Crippen molar-refractivity contribution in [2.24, 2.45) is 0 Å². The maximum absolute atomic E-state index is 14.9. The van der Waals surface area contributed by atoms with Gasteiger partial charge in [0.15, 0.2) is 6.61 Å². The molecule has 0 aliphatic carbocycles. The highest BCUT2D eigenvalue weighted by Gasteiger charge is 2.32. The van der Waals surface area contributed by atoms with Gasteiger partial charge in [0.2, 0.25) is 0 Å². The summed E-state index contributed by atoms with van der Waals surface area (Å²) < 4.78 is 25.2. The van der Waals surface area contributed by atoms with Gasteiger partial charge in [-0.1, -0.05) is 6.92 Å². The van der Waals surface area contributed by atoms with Crippen LogP contribution in [0.1, 0.15) is 23.7 Å². The molecule has 0 radical (unpaired) electrons. The van der Waals surface area contributed by atoms with Crippen molar-refractivity contribution in [2.45, 2.75) is 19.4 Å². The number of esters is 1. The second-order valence-corrected chi connectivity index (χ2v) is 8.23. The van der Waals surface area contributed by atoms with Gasteiger partial charge in [0.25, 0.3) is 5.91 Å². The maximum atomic E-state index is 14.9. The Kier molecular flexibility index (Phi) is 6.85. The summed E-state index contributed by atoms with van der Waals surface area (Å²) in [5, 5.41) is 0. The number of benzene rings is 2. The van der Waals surface area contributed by atoms with Gasteiger partial charge in [0.05, 0.1) is 23.5 Å². The Morgan fingerprint density at radius 1 is 1.12 bits per heavy atom. The number of carbonyl (C=O) groups is 3. The highest BCUT2D eigenvalue weighted by atomic mass is 19.1. The lowest BCUT2D eigenvalue weighted by Crippen LogP contribution is -2.50. The van der Waals surface area contributed by atoms with Crippen LogP contribution in [0.2, 0.25) is 0 Å². The van der Waals surface area contributed by atoms with Crippen molar-refractivity contribution in [1.29, 1.82) is 0 Å². The summed E-state index contributed by atoms with van der Waals surface area (Å²) in [6.45, 7) is 3.56. The summed E-state index contributed by atoms with van der Waals surface area (Å²) in [6.07, 6.45) is 0.0432. The number of halogens is 1. The molecule has 4 rings (SSSR count). The van der Waals surface area contributed by atoms with E-state index in [1.807, 2.05) is 11.8 Å². The summed E-state index contributed by atoms with van der Waals surface area (Å²) in [5.74, 6) is -1.35. The number of rotatable bonds is 6. The molecule has 2 N–H and O–H groups in total. The standard InChI is InChI=1S/C24H27FN4O5/c1-2-19-14-29(24(32)34-19)18-7-8-21(20(25)13-18)27-9-11-28(12-10-27)22(30)15-33-23(31)16-3-5-17(26)6-4-16/h3-8,13,19H,2,9-12,14-15,26H2,1H3. The van der Waals surface area contributed by atoms with Crippen LogP contribution in [0.15, 0.2) is 42.5 Å². The van der Waals surface area contributed by atoms with Crippen LogP contribution in [0.5, 0.6) is 0 Å². The molecule has 10 heteroatoms. The van der Waals surface area contributed by atoms with E-state index in [0.29, 0.717) is 61.8 Å². The van der Waals surface area contributed by atoms with Crippen molar-refractivity contribution < 1.29 is 28.2 Å². The molecule has 2 aliphatic heterocycles. The van der Waals surface area contributed by atoms with Gasteiger partial charge in [0.1, 0.15) is 11.9 Å². The van der Waals surface area contributed by atoms with Gasteiger partial charge in [-0.05, 0) is 48.9 Å². The molecule has 2 aromatic rings. The van der Waals surface area contributed by atoms with Crippen LogP contribution in [-0.4, -0.2) is 68.3 Å². The Bertz CT molecular complexity index is 1070. The van der Waals surface area contributed by atoms with Gasteiger partial charge in [0, 0.05) is 31.9 Å². The minimum atomic E-state index is -0.596. The first-order valence-corrected chi connectivity index (χ1v) is 11.2. The molecule has 0 saturated carbocycles. The Morgan fingerprint density at radius 2 is 1.82 bits per heavy atom. The van der Waals surface area contributed by atoms with Crippen molar-refractivity contribution in [1.82, 2.24) is 4.90 Å². The molecule has 2 saturated heterocycles. The third-order valence-corrected chi connectivity index (χ3v) is 6.02. The van der Waals surface area contributed by atoms with E-state index in [-0.39, 0.29) is 18.6 Å². The van der Waals surface area contributed by atoms with Crippen LogP contribution in [0.4, 0.5) is 26.2 Å². The van der Waals surface area contributed by atoms with Crippen molar-refractivity contribution >= 4 is 35.0 Å². The predicted molar refractivity (Wildman–Crippen MR) is 124 cm³/mol. The van der Waals surface area contributed by atoms with Crippen LogP contribution >= 0.6 is 0 Å². The second-order valence-electron chi connectivity index (χ2n) is 8.23. The number of ether oxygens (including phenoxy) is 2. The normalized spacial score (nSPS) is 18.1. The molecule has 0 aromatic heterocycles. The monoisotopic (exact) mass is 470 g/mol. The molecular weight excluding hydrogens is 443 g/mol. The molecule has 2 amide bonds. The van der Waals surface area contributed by atoms with Crippen LogP contribution in [-0.2, 0) is 14.3 Å². The molecule has 180 valence electrons. The Hall–Kier alpha value is -3.82. The van der Waals surface area contributed by atoms with E-state index in [0.717, 1.165) is 0 Å². The van der Waals surface area contributed by atoms with E-state index in [1.165, 1.54) is 23.1 Å². The predicted octanol–water partition coefficient (Wildman–Crippen LogP) is 2.65. The number of nitrogen functional groups attached to an aromatic ring is 1. The number of carbonyl (C=O) groups excluding carboxylic acids is 3. The SMILES string of the molecule is CCC1CN(c2ccc(N3CCN(C(=O)COC(=O)c4ccc(N)cc4)CC3)c(F)c2)C(=O)O1. The van der Waals surface area contributed by atoms with E-state index in [4.69, 9.17) is 15.2 Å². The van der Waals surface area contributed by atoms with E-state index < -0.39 is 17.9 Å². The highest BCUT2D eigenvalue weighted by Crippen LogP contribution is 2.29. The van der Waals surface area contributed by atoms with E-state index in [2.05, 4.69) is 0 Å². The van der Waals surface area contributed by atoms with Crippen molar-refractivity contribution in [3.63, 3.8) is 0 Å². The average Bonchev–Trinajstić information content (AvgIpc) is 3.23. The first-order valence-electron chi connectivity index (χ1n) is 11.2. The fourth-order valence-corrected chi connectivity index (χ4v) is 3.98. The van der Waals surface area contributed by atoms with Crippen LogP contribution in [0.3, 0.4) is 0 Å². The Morgan fingerprint density at radius 3 is 2.44 bits per heavy atom. The van der Waals surface area contributed by atoms with Crippen LogP contribution < -0.4 is 15.5 Å². The van der Waals surface area contributed by atoms with Gasteiger partial charge in [-0.3, -0.25) is 9.69 Å². The molecule has 2 aromatic carbocycles. The molecule has 1 atom stereocenters. The lowest BCUT2D eigenvalue weighted by molar-refractivity contribution is -0.134. The Balaban J connectivity index is 1.29. The molecular formula is C24H27FN4O5. The summed E-state index contributed by atoms with van der Waals surface area (Å²) in [7, 11) is 0. The minimum Gasteiger partial charge on any atom is -0.452 e. The van der Waals surface area contributed by atoms with Crippen molar-refractivity contribution in [3.05, 3.63) is 53.8 Å². The fourth-order valence-electron chi connectivity index (χ4n) is 3.98. The summed E-state index contributed by atoms with van der Waals surface area (Å²) in [6, 6.07) is 10.9. The average molecular weight is 471 g/mol. The first-order chi connectivity index (χ1) is 16.4. The smallest absolute Gasteiger partial charge is 0.414 e. The van der Waals surface area contributed by atoms with E-state index >= 15 is 0 Å². The molecule has 2 heterocycles. The lowest BCUT2D eigenvalue weighted by Gasteiger charge is -2.36. The molecule has 2 fully saturated rings. The van der Waals surface area contributed by atoms with Gasteiger partial charge < -0.3 is 25.0 Å². The van der Waals surface area contributed by atoms with E-state index in [9.17, 15) is 18.8 Å². The minimum absolute atomic E-state index is 0.188. The quantitative estimate of drug-likeness (QED) is 0.511. The zero-order valence-electron chi connectivity index (χ0n) is 18.9. The number of cyclic esters (lactones) is 1. The Labute approximate surface area is 196 Å². The summed E-state index contributed by atoms with van der Waals surface area (Å²) >= 11 is 0. The summed E-state index contributed by atoms with van der Waals surface area (Å²) in [5.41, 5.74) is 7.31. The van der Waals surface area contributed by atoms with Gasteiger partial charge in [-0.2, -0.15) is 0 Å². The third-order valence-electron chi connectivity index (χ3n) is 6.02. The maximum Gasteiger partial charge on any atom is 0.414 e. The largest absolute Gasteiger partial charge is 0.452 e. The molecule has 2 aliphatic rings. The number of amides is 2. The van der Waals surface area contributed by atoms with Gasteiger partial charge >= 0.3 is 12.1 Å². The number of hydrogen-bond acceptors (Lipinski definition) is 7. The van der Waals surface area contributed by atoms with Gasteiger partial charge in [-0.25, -0.2) is 14.0 Å². The molecule has 0 bridgehead atoms. The van der Waals surface area contributed by atoms with Crippen LogP contribution in [0.25, 0.3) is 0 Å². The van der Waals surface area contributed by atoms with Crippen LogP contribution in [0, 0.1) is 5.82 Å². The van der Waals surface area contributed by atoms with Crippen molar-refractivity contribution in [2.75, 3.05) is 54.9 Å². The zero-order chi connectivity index (χ0) is 24.2. The highest BCUT2D eigenvalue weighted by molar-refractivity contribution is 5.92. The van der Waals surface area contributed by atoms with Crippen molar-refractivity contribution in [3.8, 4) is 0 Å². The zero-order valence-corrected chi connectivity index (χ0v) is 18.9. The molecule has 34 heavy (non-hydrogen) atoms. The molecule has 9 nitrogen and oxygen atoms in total. The lowest BCUT2D eigenvalue weighted by atomic mass is 10.2. The second kappa shape index (κ2) is 9.98. The molecule has 0 spiro atoms.